The fraction of sp³-hybridized carbons (Fsp3) is 0.364. The lowest BCUT2D eigenvalue weighted by atomic mass is 9.95. The average Bonchev–Trinajstić information content (AvgIpc) is 3.07. The van der Waals surface area contributed by atoms with Crippen LogP contribution in [0.4, 0.5) is 11.4 Å². The van der Waals surface area contributed by atoms with Crippen molar-refractivity contribution in [2.24, 2.45) is 0 Å². The molecule has 1 fully saturated rings. The summed E-state index contributed by atoms with van der Waals surface area (Å²) in [4.78, 5) is 40.2. The molecule has 2 unspecified atom stereocenters. The molecule has 2 atom stereocenters. The Morgan fingerprint density at radius 3 is 2.43 bits per heavy atom. The molecule has 4 rings (SSSR count). The maximum Gasteiger partial charge on any atom is 0.269 e. The van der Waals surface area contributed by atoms with Crippen molar-refractivity contribution < 1.29 is 19.2 Å². The molecule has 30 heavy (non-hydrogen) atoms. The third kappa shape index (κ3) is 3.43. The van der Waals surface area contributed by atoms with Gasteiger partial charge in [0, 0.05) is 23.4 Å². The highest BCUT2D eigenvalue weighted by atomic mass is 16.6. The monoisotopic (exact) mass is 409 g/mol. The van der Waals surface area contributed by atoms with Gasteiger partial charge in [0.1, 0.15) is 12.0 Å². The van der Waals surface area contributed by atoms with E-state index < -0.39 is 17.0 Å². The van der Waals surface area contributed by atoms with Gasteiger partial charge in [-0.25, -0.2) is 0 Å². The molecule has 2 aromatic carbocycles. The molecule has 8 nitrogen and oxygen atoms in total. The number of aldehydes is 1. The summed E-state index contributed by atoms with van der Waals surface area (Å²) in [6.07, 6.45) is 3.94. The topological polar surface area (TPSA) is 93.0 Å². The van der Waals surface area contributed by atoms with E-state index in [0.29, 0.717) is 22.6 Å². The number of methoxy groups -OCH3 is 1. The summed E-state index contributed by atoms with van der Waals surface area (Å²) in [5.74, 6) is 0.386. The Labute approximate surface area is 174 Å². The second kappa shape index (κ2) is 8.23. The van der Waals surface area contributed by atoms with Crippen LogP contribution in [-0.4, -0.2) is 48.3 Å². The molecule has 2 heterocycles. The standard InChI is InChI=1S/C22H23N3O5/c1-30-17-8-5-15(6-9-17)24-21(20(14-26)23-11-3-2-4-12-23)19-13-16(25(28)29)7-10-18(19)22(24)27/h5-10,13-14,20-21H,2-4,11-12H2,1H3. The SMILES string of the molecule is COc1ccc(N2C(=O)c3ccc([N+](=O)[O-])cc3C2C(C=O)N2CCCCC2)cc1. The second-order valence-electron chi connectivity index (χ2n) is 7.57. The third-order valence-electron chi connectivity index (χ3n) is 5.92. The lowest BCUT2D eigenvalue weighted by molar-refractivity contribution is -0.384. The third-order valence-corrected chi connectivity index (χ3v) is 5.92. The number of ether oxygens (including phenoxy) is 1. The van der Waals surface area contributed by atoms with Crippen LogP contribution in [0.25, 0.3) is 0 Å². The quantitative estimate of drug-likeness (QED) is 0.413. The first kappa shape index (κ1) is 20.0. The van der Waals surface area contributed by atoms with E-state index in [1.165, 1.54) is 18.2 Å². The van der Waals surface area contributed by atoms with Gasteiger partial charge < -0.3 is 9.53 Å². The van der Waals surface area contributed by atoms with E-state index in [9.17, 15) is 19.7 Å². The number of hydrogen-bond donors (Lipinski definition) is 0. The van der Waals surface area contributed by atoms with Crippen LogP contribution in [-0.2, 0) is 4.79 Å². The predicted molar refractivity (Wildman–Crippen MR) is 111 cm³/mol. The van der Waals surface area contributed by atoms with E-state index in [4.69, 9.17) is 4.74 Å². The number of piperidine rings is 1. The van der Waals surface area contributed by atoms with Gasteiger partial charge in [-0.2, -0.15) is 0 Å². The van der Waals surface area contributed by atoms with Gasteiger partial charge in [0.15, 0.2) is 0 Å². The van der Waals surface area contributed by atoms with Gasteiger partial charge >= 0.3 is 0 Å². The summed E-state index contributed by atoms with van der Waals surface area (Å²) in [7, 11) is 1.56. The lowest BCUT2D eigenvalue weighted by Gasteiger charge is -2.38. The van der Waals surface area contributed by atoms with E-state index in [0.717, 1.165) is 38.6 Å². The van der Waals surface area contributed by atoms with Gasteiger partial charge in [-0.05, 0) is 61.8 Å². The van der Waals surface area contributed by atoms with Gasteiger partial charge in [0.25, 0.3) is 11.6 Å². The molecule has 0 bridgehead atoms. The van der Waals surface area contributed by atoms with Crippen LogP contribution in [0.5, 0.6) is 5.75 Å². The first-order chi connectivity index (χ1) is 14.5. The number of non-ortho nitro benzene ring substituents is 1. The fourth-order valence-corrected chi connectivity index (χ4v) is 4.43. The number of nitrogens with zero attached hydrogens (tertiary/aromatic N) is 3. The number of carbonyl (C=O) groups excluding carboxylic acids is 2. The molecule has 0 N–H and O–H groups in total. The fourth-order valence-electron chi connectivity index (χ4n) is 4.43. The first-order valence-corrected chi connectivity index (χ1v) is 10.0. The van der Waals surface area contributed by atoms with Crippen molar-refractivity contribution in [3.8, 4) is 5.75 Å². The summed E-state index contributed by atoms with van der Waals surface area (Å²) in [6, 6.07) is 10.1. The first-order valence-electron chi connectivity index (χ1n) is 10.0. The van der Waals surface area contributed by atoms with Crippen molar-refractivity contribution in [2.75, 3.05) is 25.1 Å². The van der Waals surface area contributed by atoms with Crippen LogP contribution in [0.15, 0.2) is 42.5 Å². The Bertz CT molecular complexity index is 969. The van der Waals surface area contributed by atoms with Gasteiger partial charge in [-0.3, -0.25) is 24.7 Å². The number of amides is 1. The minimum atomic E-state index is -0.628. The van der Waals surface area contributed by atoms with E-state index in [1.54, 1.807) is 36.3 Å². The molecule has 1 saturated heterocycles. The highest BCUT2D eigenvalue weighted by molar-refractivity contribution is 6.11. The number of likely N-dealkylation sites (tertiary alicyclic amines) is 1. The van der Waals surface area contributed by atoms with Gasteiger partial charge in [0.05, 0.1) is 24.1 Å². The molecule has 1 amide bonds. The molecule has 0 aromatic heterocycles. The van der Waals surface area contributed by atoms with Crippen LogP contribution >= 0.6 is 0 Å². The number of nitro groups is 1. The number of hydrogen-bond acceptors (Lipinski definition) is 6. The normalized spacial score (nSPS) is 20.0. The van der Waals surface area contributed by atoms with Crippen molar-refractivity contribution in [2.45, 2.75) is 31.3 Å². The Morgan fingerprint density at radius 1 is 1.13 bits per heavy atom. The predicted octanol–water partition coefficient (Wildman–Crippen LogP) is 3.36. The molecule has 0 radical (unpaired) electrons. The number of nitro benzene ring substituents is 1. The minimum absolute atomic E-state index is 0.0913. The highest BCUT2D eigenvalue weighted by Crippen LogP contribution is 2.42. The Balaban J connectivity index is 1.83. The van der Waals surface area contributed by atoms with Crippen LogP contribution in [0, 0.1) is 10.1 Å². The van der Waals surface area contributed by atoms with Crippen molar-refractivity contribution in [1.29, 1.82) is 0 Å². The zero-order valence-electron chi connectivity index (χ0n) is 16.7. The van der Waals surface area contributed by atoms with Crippen molar-refractivity contribution in [3.63, 3.8) is 0 Å². The molecule has 0 aliphatic carbocycles. The molecule has 2 aliphatic rings. The van der Waals surface area contributed by atoms with Crippen LogP contribution in [0.3, 0.4) is 0 Å². The molecular weight excluding hydrogens is 386 g/mol. The van der Waals surface area contributed by atoms with Gasteiger partial charge in [0.2, 0.25) is 0 Å². The Kier molecular flexibility index (Phi) is 5.50. The van der Waals surface area contributed by atoms with Crippen LogP contribution in [0.1, 0.15) is 41.2 Å². The minimum Gasteiger partial charge on any atom is -0.497 e. The van der Waals surface area contributed by atoms with E-state index in [2.05, 4.69) is 4.90 Å². The molecular formula is C22H23N3O5. The number of benzene rings is 2. The Hall–Kier alpha value is -3.26. The smallest absolute Gasteiger partial charge is 0.269 e. The molecule has 0 spiro atoms. The van der Waals surface area contributed by atoms with E-state index >= 15 is 0 Å². The summed E-state index contributed by atoms with van der Waals surface area (Å²) in [5.41, 5.74) is 1.44. The molecule has 2 aromatic rings. The molecule has 0 saturated carbocycles. The zero-order chi connectivity index (χ0) is 21.3. The molecule has 2 aliphatic heterocycles. The van der Waals surface area contributed by atoms with Crippen molar-refractivity contribution >= 4 is 23.6 Å². The largest absolute Gasteiger partial charge is 0.497 e. The number of fused-ring (bicyclic) bond motifs is 1. The molecule has 8 heteroatoms. The van der Waals surface area contributed by atoms with E-state index in [-0.39, 0.29) is 11.6 Å². The Morgan fingerprint density at radius 2 is 1.83 bits per heavy atom. The molecule has 156 valence electrons. The number of anilines is 1. The van der Waals surface area contributed by atoms with Gasteiger partial charge in [-0.1, -0.05) is 6.42 Å². The van der Waals surface area contributed by atoms with Crippen LogP contribution in [0.2, 0.25) is 0 Å². The highest BCUT2D eigenvalue weighted by Gasteiger charge is 2.45. The average molecular weight is 409 g/mol. The number of carbonyl (C=O) groups is 2. The van der Waals surface area contributed by atoms with E-state index in [1.807, 2.05) is 0 Å². The lowest BCUT2D eigenvalue weighted by Crippen LogP contribution is -2.48. The summed E-state index contributed by atoms with van der Waals surface area (Å²) in [6.45, 7) is 1.52. The van der Waals surface area contributed by atoms with Crippen molar-refractivity contribution in [1.82, 2.24) is 4.90 Å². The van der Waals surface area contributed by atoms with Gasteiger partial charge in [-0.15, -0.1) is 0 Å². The second-order valence-corrected chi connectivity index (χ2v) is 7.57. The van der Waals surface area contributed by atoms with Crippen molar-refractivity contribution in [3.05, 3.63) is 63.7 Å². The maximum atomic E-state index is 13.3. The number of rotatable bonds is 6. The zero-order valence-corrected chi connectivity index (χ0v) is 16.7. The van der Waals surface area contributed by atoms with Crippen LogP contribution < -0.4 is 9.64 Å². The summed E-state index contributed by atoms with van der Waals surface area (Å²) in [5, 5.41) is 11.4. The summed E-state index contributed by atoms with van der Waals surface area (Å²) >= 11 is 0. The summed E-state index contributed by atoms with van der Waals surface area (Å²) < 4.78 is 5.21. The maximum absolute atomic E-state index is 13.3.